The summed E-state index contributed by atoms with van der Waals surface area (Å²) in [5, 5.41) is 4.27. The van der Waals surface area contributed by atoms with Crippen molar-refractivity contribution in [2.24, 2.45) is 23.2 Å². The lowest BCUT2D eigenvalue weighted by Gasteiger charge is -2.50. The van der Waals surface area contributed by atoms with E-state index in [9.17, 15) is 9.59 Å². The van der Waals surface area contributed by atoms with Crippen LogP contribution < -0.4 is 5.32 Å². The van der Waals surface area contributed by atoms with E-state index in [-0.39, 0.29) is 17.2 Å². The quantitative estimate of drug-likeness (QED) is 0.456. The van der Waals surface area contributed by atoms with E-state index in [1.165, 1.54) is 28.9 Å². The second kappa shape index (κ2) is 8.16. The second-order valence-corrected chi connectivity index (χ2v) is 12.1. The third kappa shape index (κ3) is 3.42. The number of aryl methyl sites for hydroxylation is 1. The number of carbonyl (C=O) groups is 2. The van der Waals surface area contributed by atoms with Gasteiger partial charge in [0.1, 0.15) is 11.3 Å². The van der Waals surface area contributed by atoms with Crippen LogP contribution in [0.1, 0.15) is 67.4 Å². The number of carbonyl (C=O) groups excluding carboxylic acids is 2. The Kier molecular flexibility index (Phi) is 5.34. The van der Waals surface area contributed by atoms with Crippen LogP contribution in [0, 0.1) is 30.1 Å². The van der Waals surface area contributed by atoms with Gasteiger partial charge in [0.15, 0.2) is 17.1 Å². The van der Waals surface area contributed by atoms with Gasteiger partial charge in [0.2, 0.25) is 5.91 Å². The van der Waals surface area contributed by atoms with Gasteiger partial charge < -0.3 is 9.73 Å². The number of oxazole rings is 1. The SMILES string of the molecule is Cc1cnc(NC(=O)CCC2CC(=O)C3(C)CCC4c5cc6ncoc6c(Cl)c5CCC4C23)s1. The highest BCUT2D eigenvalue weighted by Gasteiger charge is 2.58. The van der Waals surface area contributed by atoms with Gasteiger partial charge in [-0.3, -0.25) is 9.59 Å². The van der Waals surface area contributed by atoms with Crippen LogP contribution in [-0.2, 0) is 16.0 Å². The average Bonchev–Trinajstić information content (AvgIpc) is 3.50. The molecule has 1 N–H and O–H groups in total. The third-order valence-corrected chi connectivity index (χ3v) is 9.95. The Bertz CT molecular complexity index is 1300. The van der Waals surface area contributed by atoms with E-state index in [1.807, 2.05) is 6.92 Å². The summed E-state index contributed by atoms with van der Waals surface area (Å²) in [7, 11) is 0. The lowest BCUT2D eigenvalue weighted by molar-refractivity contribution is -0.129. The van der Waals surface area contributed by atoms with Crippen LogP contribution in [-0.4, -0.2) is 21.7 Å². The molecule has 2 aromatic heterocycles. The topological polar surface area (TPSA) is 85.1 Å². The number of hydrogen-bond donors (Lipinski definition) is 1. The Morgan fingerprint density at radius 2 is 2.21 bits per heavy atom. The highest BCUT2D eigenvalue weighted by Crippen LogP contribution is 2.62. The van der Waals surface area contributed by atoms with E-state index in [4.69, 9.17) is 16.0 Å². The number of thiazole rings is 1. The molecule has 3 aliphatic carbocycles. The largest absolute Gasteiger partial charge is 0.442 e. The van der Waals surface area contributed by atoms with Crippen LogP contribution in [0.3, 0.4) is 0 Å². The maximum atomic E-state index is 13.2. The van der Waals surface area contributed by atoms with Gasteiger partial charge in [-0.1, -0.05) is 18.5 Å². The van der Waals surface area contributed by atoms with Crippen LogP contribution in [0.15, 0.2) is 23.1 Å². The van der Waals surface area contributed by atoms with Crippen LogP contribution >= 0.6 is 22.9 Å². The van der Waals surface area contributed by atoms with Gasteiger partial charge in [0.25, 0.3) is 0 Å². The number of nitrogens with one attached hydrogen (secondary N) is 1. The van der Waals surface area contributed by atoms with E-state index in [0.29, 0.717) is 52.1 Å². The third-order valence-electron chi connectivity index (χ3n) is 8.72. The number of benzene rings is 1. The Hall–Kier alpha value is -2.25. The number of ketones is 1. The zero-order valence-electron chi connectivity index (χ0n) is 19.4. The average molecular weight is 498 g/mol. The number of nitrogens with zero attached hydrogens (tertiary/aromatic N) is 2. The molecular formula is C26H28ClN3O3S. The van der Waals surface area contributed by atoms with Crippen molar-refractivity contribution in [2.45, 2.75) is 64.7 Å². The van der Waals surface area contributed by atoms with Crippen molar-refractivity contribution in [3.8, 4) is 0 Å². The molecule has 0 aliphatic heterocycles. The zero-order valence-corrected chi connectivity index (χ0v) is 21.0. The number of fused-ring (bicyclic) bond motifs is 6. The van der Waals surface area contributed by atoms with Crippen molar-refractivity contribution in [3.63, 3.8) is 0 Å². The molecule has 178 valence electrons. The molecule has 2 fully saturated rings. The first-order valence-corrected chi connectivity index (χ1v) is 13.3. The smallest absolute Gasteiger partial charge is 0.226 e. The number of halogens is 1. The van der Waals surface area contributed by atoms with Gasteiger partial charge in [0, 0.05) is 29.3 Å². The normalized spacial score (nSPS) is 30.1. The van der Waals surface area contributed by atoms with Crippen LogP contribution in [0.4, 0.5) is 5.13 Å². The number of aromatic nitrogens is 2. The fourth-order valence-electron chi connectivity index (χ4n) is 7.23. The van der Waals surface area contributed by atoms with Gasteiger partial charge in [-0.2, -0.15) is 0 Å². The molecule has 0 bridgehead atoms. The highest BCUT2D eigenvalue weighted by atomic mass is 35.5. The molecule has 3 aliphatic rings. The fraction of sp³-hybridized carbons (Fsp3) is 0.538. The monoisotopic (exact) mass is 497 g/mol. The highest BCUT2D eigenvalue weighted by molar-refractivity contribution is 7.15. The number of hydrogen-bond acceptors (Lipinski definition) is 6. The zero-order chi connectivity index (χ0) is 23.6. The molecule has 8 heteroatoms. The fourth-order valence-corrected chi connectivity index (χ4v) is 8.25. The predicted molar refractivity (Wildman–Crippen MR) is 132 cm³/mol. The van der Waals surface area contributed by atoms with E-state index >= 15 is 0 Å². The van der Waals surface area contributed by atoms with Crippen molar-refractivity contribution >= 4 is 50.9 Å². The van der Waals surface area contributed by atoms with E-state index in [2.05, 4.69) is 28.3 Å². The van der Waals surface area contributed by atoms with Crippen LogP contribution in [0.2, 0.25) is 5.02 Å². The number of rotatable bonds is 4. The van der Waals surface area contributed by atoms with Crippen molar-refractivity contribution in [1.29, 1.82) is 0 Å². The van der Waals surface area contributed by atoms with Crippen molar-refractivity contribution in [1.82, 2.24) is 9.97 Å². The first kappa shape index (κ1) is 22.2. The summed E-state index contributed by atoms with van der Waals surface area (Å²) >= 11 is 8.22. The Labute approximate surface area is 207 Å². The Morgan fingerprint density at radius 3 is 3.00 bits per heavy atom. The molecule has 0 radical (unpaired) electrons. The van der Waals surface area contributed by atoms with Gasteiger partial charge in [-0.05, 0) is 79.9 Å². The lowest BCUT2D eigenvalue weighted by Crippen LogP contribution is -2.44. The molecule has 5 atom stereocenters. The molecule has 1 aromatic carbocycles. The summed E-state index contributed by atoms with van der Waals surface area (Å²) in [5.74, 6) is 1.70. The second-order valence-electron chi connectivity index (χ2n) is 10.5. The number of anilines is 1. The van der Waals surface area contributed by atoms with Gasteiger partial charge >= 0.3 is 0 Å². The van der Waals surface area contributed by atoms with Crippen molar-refractivity contribution in [2.75, 3.05) is 5.32 Å². The van der Waals surface area contributed by atoms with Crippen molar-refractivity contribution in [3.05, 3.63) is 39.7 Å². The van der Waals surface area contributed by atoms with E-state index in [0.717, 1.165) is 42.5 Å². The maximum Gasteiger partial charge on any atom is 0.226 e. The molecule has 0 spiro atoms. The molecule has 6 nitrogen and oxygen atoms in total. The van der Waals surface area contributed by atoms with Crippen LogP contribution in [0.25, 0.3) is 11.1 Å². The molecule has 3 aromatic rings. The predicted octanol–water partition coefficient (Wildman–Crippen LogP) is 6.32. The Balaban J connectivity index is 1.25. The van der Waals surface area contributed by atoms with Gasteiger partial charge in [-0.25, -0.2) is 9.97 Å². The summed E-state index contributed by atoms with van der Waals surface area (Å²) in [6, 6.07) is 2.16. The molecule has 2 saturated carbocycles. The summed E-state index contributed by atoms with van der Waals surface area (Å²) in [5.41, 5.74) is 3.68. The number of amides is 1. The Morgan fingerprint density at radius 1 is 1.35 bits per heavy atom. The van der Waals surface area contributed by atoms with Gasteiger partial charge in [-0.15, -0.1) is 11.3 Å². The number of Topliss-reactive ketones (excluding diaryl/α,β-unsaturated/α-hetero) is 1. The first-order valence-electron chi connectivity index (χ1n) is 12.1. The molecular weight excluding hydrogens is 470 g/mol. The summed E-state index contributed by atoms with van der Waals surface area (Å²) in [6.07, 6.45) is 8.77. The maximum absolute atomic E-state index is 13.2. The molecule has 1 amide bonds. The summed E-state index contributed by atoms with van der Waals surface area (Å²) in [6.45, 7) is 4.15. The minimum absolute atomic E-state index is 0.0167. The molecule has 5 unspecified atom stereocenters. The van der Waals surface area contributed by atoms with E-state index < -0.39 is 0 Å². The molecule has 6 rings (SSSR count). The minimum atomic E-state index is -0.284. The lowest BCUT2D eigenvalue weighted by atomic mass is 9.54. The molecule has 2 heterocycles. The van der Waals surface area contributed by atoms with Crippen LogP contribution in [0.5, 0.6) is 0 Å². The summed E-state index contributed by atoms with van der Waals surface area (Å²) < 4.78 is 5.54. The minimum Gasteiger partial charge on any atom is -0.442 e. The molecule has 0 saturated heterocycles. The van der Waals surface area contributed by atoms with Gasteiger partial charge in [0.05, 0.1) is 5.02 Å². The van der Waals surface area contributed by atoms with Crippen molar-refractivity contribution < 1.29 is 14.0 Å². The first-order chi connectivity index (χ1) is 16.3. The van der Waals surface area contributed by atoms with E-state index in [1.54, 1.807) is 6.20 Å². The standard InChI is InChI=1S/C26H28ClN3O3S/c1-13-11-28-25(34-13)30-21(32)6-3-14-9-20(31)26(2)8-7-15-16(22(14)26)4-5-17-18(15)10-19-24(23(17)27)33-12-29-19/h10-12,14-16,22H,3-9H2,1-2H3,(H,28,30,32). The summed E-state index contributed by atoms with van der Waals surface area (Å²) in [4.78, 5) is 35.5. The molecule has 34 heavy (non-hydrogen) atoms.